The van der Waals surface area contributed by atoms with Crippen molar-refractivity contribution >= 4 is 30.5 Å². The fourth-order valence-electron chi connectivity index (χ4n) is 3.08. The predicted octanol–water partition coefficient (Wildman–Crippen LogP) is 6.58. The van der Waals surface area contributed by atoms with E-state index in [1.54, 1.807) is 18.3 Å². The lowest BCUT2D eigenvalue weighted by Crippen LogP contribution is -2.35. The monoisotopic (exact) mass is 466 g/mol. The van der Waals surface area contributed by atoms with Crippen molar-refractivity contribution in [3.8, 4) is 11.5 Å². The summed E-state index contributed by atoms with van der Waals surface area (Å²) in [6.45, 7) is 3.85. The van der Waals surface area contributed by atoms with Crippen LogP contribution in [0.3, 0.4) is 0 Å². The average molecular weight is 467 g/mol. The van der Waals surface area contributed by atoms with Crippen LogP contribution in [-0.2, 0) is 4.65 Å². The average Bonchev–Trinajstić information content (AvgIpc) is 3.32. The van der Waals surface area contributed by atoms with Gasteiger partial charge in [-0.05, 0) is 60.9 Å². The fourth-order valence-corrected chi connectivity index (χ4v) is 3.42. The minimum Gasteiger partial charge on any atom is -0.501 e. The van der Waals surface area contributed by atoms with Crippen LogP contribution in [0, 0.1) is 13.8 Å². The molecule has 0 spiro atoms. The molecule has 0 bridgehead atoms. The van der Waals surface area contributed by atoms with Gasteiger partial charge in [-0.1, -0.05) is 65.7 Å². The minimum atomic E-state index is -1.10. The van der Waals surface area contributed by atoms with Gasteiger partial charge in [-0.3, -0.25) is 5.10 Å². The summed E-state index contributed by atoms with van der Waals surface area (Å²) in [7, 11) is -1.10. The van der Waals surface area contributed by atoms with Gasteiger partial charge in [0, 0.05) is 16.2 Å². The summed E-state index contributed by atoms with van der Waals surface area (Å²) in [5, 5.41) is 8.22. The molecule has 1 atom stereocenters. The first-order chi connectivity index (χ1) is 15.5. The number of benzene rings is 3. The van der Waals surface area contributed by atoms with Crippen molar-refractivity contribution in [1.29, 1.82) is 0 Å². The molecule has 0 radical (unpaired) electrons. The third-order valence-electron chi connectivity index (χ3n) is 4.91. The van der Waals surface area contributed by atoms with Gasteiger partial charge in [0.15, 0.2) is 0 Å². The molecule has 0 aliphatic carbocycles. The molecule has 162 valence electrons. The summed E-state index contributed by atoms with van der Waals surface area (Å²) in [5.74, 6) is 1.03. The number of hydrogen-bond acceptors (Lipinski definition) is 4. The maximum absolute atomic E-state index is 6.33. The second-order valence-corrected chi connectivity index (χ2v) is 8.10. The topological polar surface area (TPSA) is 56.4 Å². The molecule has 1 N–H and O–H groups in total. The first kappa shape index (κ1) is 22.3. The Kier molecular flexibility index (Phi) is 7.05. The van der Waals surface area contributed by atoms with Crippen molar-refractivity contribution in [2.45, 2.75) is 20.0 Å². The van der Waals surface area contributed by atoms with Crippen LogP contribution >= 0.6 is 23.2 Å². The minimum absolute atomic E-state index is 0.509. The van der Waals surface area contributed by atoms with Crippen molar-refractivity contribution in [1.82, 2.24) is 10.2 Å². The molecule has 1 unspecified atom stereocenters. The lowest BCUT2D eigenvalue weighted by atomic mass is 10.0. The molecule has 0 fully saturated rings. The Hall–Kier alpha value is -2.93. The summed E-state index contributed by atoms with van der Waals surface area (Å²) in [6.07, 6.45) is 1.16. The number of aromatic amines is 1. The Morgan fingerprint density at radius 1 is 0.812 bits per heavy atom. The zero-order valence-electron chi connectivity index (χ0n) is 17.6. The molecule has 32 heavy (non-hydrogen) atoms. The maximum Gasteiger partial charge on any atom is 0.788 e. The van der Waals surface area contributed by atoms with Crippen LogP contribution in [0.4, 0.5) is 0 Å². The van der Waals surface area contributed by atoms with Gasteiger partial charge in [-0.15, -0.1) is 0 Å². The molecule has 3 aromatic carbocycles. The van der Waals surface area contributed by atoms with Crippen LogP contribution < -0.4 is 9.31 Å². The summed E-state index contributed by atoms with van der Waals surface area (Å²) in [6, 6.07) is 22.5. The van der Waals surface area contributed by atoms with Crippen molar-refractivity contribution in [3.05, 3.63) is 111 Å². The summed E-state index contributed by atoms with van der Waals surface area (Å²) >= 11 is 12.6. The molecule has 0 aliphatic heterocycles. The molecule has 1 heterocycles. The van der Waals surface area contributed by atoms with Gasteiger partial charge < -0.3 is 14.0 Å². The van der Waals surface area contributed by atoms with Crippen LogP contribution in [0.2, 0.25) is 10.0 Å². The van der Waals surface area contributed by atoms with E-state index in [4.69, 9.17) is 37.2 Å². The predicted molar refractivity (Wildman–Crippen MR) is 127 cm³/mol. The van der Waals surface area contributed by atoms with Crippen molar-refractivity contribution in [3.63, 3.8) is 0 Å². The molecule has 0 saturated heterocycles. The number of nitrogens with one attached hydrogen (secondary N) is 1. The maximum atomic E-state index is 6.33. The Morgan fingerprint density at radius 2 is 1.41 bits per heavy atom. The number of rotatable bonds is 8. The number of nitrogens with zero attached hydrogens (tertiary/aromatic N) is 1. The smallest absolute Gasteiger partial charge is 0.501 e. The summed E-state index contributed by atoms with van der Waals surface area (Å²) in [4.78, 5) is 0. The number of aryl methyl sites for hydroxylation is 2. The van der Waals surface area contributed by atoms with Crippen LogP contribution in [0.15, 0.2) is 79.0 Å². The fraction of sp³-hybridized carbons (Fsp3) is 0.125. The van der Waals surface area contributed by atoms with Crippen molar-refractivity contribution in [2.75, 3.05) is 0 Å². The first-order valence-corrected chi connectivity index (χ1v) is 10.8. The Labute approximate surface area is 197 Å². The molecule has 4 rings (SSSR count). The lowest BCUT2D eigenvalue weighted by molar-refractivity contribution is 0.153. The van der Waals surface area contributed by atoms with Crippen LogP contribution in [0.1, 0.15) is 28.5 Å². The number of H-pyrrole nitrogens is 1. The third kappa shape index (κ3) is 5.46. The molecule has 4 aromatic rings. The second kappa shape index (κ2) is 10.1. The summed E-state index contributed by atoms with van der Waals surface area (Å²) in [5.41, 5.74) is 3.57. The van der Waals surface area contributed by atoms with E-state index in [1.807, 2.05) is 74.5 Å². The first-order valence-electron chi connectivity index (χ1n) is 10.0. The Bertz CT molecular complexity index is 1120. The number of hydrogen-bond donors (Lipinski definition) is 1. The molecular weight excluding hydrogens is 446 g/mol. The summed E-state index contributed by atoms with van der Waals surface area (Å²) < 4.78 is 18.5. The third-order valence-corrected chi connectivity index (χ3v) is 5.72. The quantitative estimate of drug-likeness (QED) is 0.298. The van der Waals surface area contributed by atoms with E-state index in [0.29, 0.717) is 21.5 Å². The SMILES string of the molecule is Cc1ccc(OB(Oc2ccc(C)c(Cl)c2)OC(c2ccccc2)c2ccn[nH]2)cc1Cl. The van der Waals surface area contributed by atoms with E-state index in [9.17, 15) is 0 Å². The van der Waals surface area contributed by atoms with Gasteiger partial charge in [-0.25, -0.2) is 0 Å². The van der Waals surface area contributed by atoms with Gasteiger partial charge in [-0.2, -0.15) is 5.10 Å². The highest BCUT2D eigenvalue weighted by molar-refractivity contribution is 6.39. The zero-order valence-corrected chi connectivity index (χ0v) is 19.1. The van der Waals surface area contributed by atoms with Crippen LogP contribution in [0.5, 0.6) is 11.5 Å². The van der Waals surface area contributed by atoms with Crippen LogP contribution in [0.25, 0.3) is 0 Å². The van der Waals surface area contributed by atoms with Gasteiger partial charge >= 0.3 is 7.32 Å². The zero-order chi connectivity index (χ0) is 22.5. The molecule has 0 amide bonds. The van der Waals surface area contributed by atoms with E-state index in [0.717, 1.165) is 22.4 Å². The molecule has 0 aliphatic rings. The van der Waals surface area contributed by atoms with Gasteiger partial charge in [0.2, 0.25) is 0 Å². The lowest BCUT2D eigenvalue weighted by Gasteiger charge is -2.22. The molecule has 8 heteroatoms. The number of halogens is 2. The largest absolute Gasteiger partial charge is 0.788 e. The standard InChI is InChI=1S/C24H21BCl2N2O3/c1-16-8-10-19(14-21(16)26)30-25(31-20-11-9-17(2)22(27)15-20)32-24(23-12-13-28-29-23)18-6-4-3-5-7-18/h3-15,24H,1-2H3,(H,28,29). The molecule has 0 saturated carbocycles. The van der Waals surface area contributed by atoms with E-state index < -0.39 is 13.4 Å². The van der Waals surface area contributed by atoms with Crippen molar-refractivity contribution in [2.24, 2.45) is 0 Å². The Balaban J connectivity index is 1.66. The van der Waals surface area contributed by atoms with Gasteiger partial charge in [0.1, 0.15) is 17.6 Å². The van der Waals surface area contributed by atoms with E-state index in [-0.39, 0.29) is 0 Å². The Morgan fingerprint density at radius 3 is 1.91 bits per heavy atom. The highest BCUT2D eigenvalue weighted by atomic mass is 35.5. The van der Waals surface area contributed by atoms with Gasteiger partial charge in [0.05, 0.1) is 5.69 Å². The van der Waals surface area contributed by atoms with Crippen LogP contribution in [-0.4, -0.2) is 17.5 Å². The molecular formula is C24H21BCl2N2O3. The van der Waals surface area contributed by atoms with Crippen molar-refractivity contribution < 1.29 is 14.0 Å². The normalized spacial score (nSPS) is 11.8. The van der Waals surface area contributed by atoms with E-state index >= 15 is 0 Å². The van der Waals surface area contributed by atoms with E-state index in [2.05, 4.69) is 10.2 Å². The van der Waals surface area contributed by atoms with E-state index in [1.165, 1.54) is 0 Å². The number of aromatic nitrogens is 2. The second-order valence-electron chi connectivity index (χ2n) is 7.29. The molecule has 5 nitrogen and oxygen atoms in total. The molecule has 1 aromatic heterocycles. The highest BCUT2D eigenvalue weighted by Gasteiger charge is 2.33. The van der Waals surface area contributed by atoms with Gasteiger partial charge in [0.25, 0.3) is 0 Å². The highest BCUT2D eigenvalue weighted by Crippen LogP contribution is 2.29.